The Labute approximate surface area is 117 Å². The van der Waals surface area contributed by atoms with Gasteiger partial charge < -0.3 is 10.1 Å². The van der Waals surface area contributed by atoms with Crippen molar-refractivity contribution in [3.05, 3.63) is 46.7 Å². The van der Waals surface area contributed by atoms with E-state index in [9.17, 15) is 4.79 Å². The first-order valence-electron chi connectivity index (χ1n) is 6.33. The van der Waals surface area contributed by atoms with Crippen molar-refractivity contribution in [2.24, 2.45) is 0 Å². The first-order valence-corrected chi connectivity index (χ1v) is 6.71. The predicted octanol–water partition coefficient (Wildman–Crippen LogP) is 3.55. The smallest absolute Gasteiger partial charge is 0.251 e. The van der Waals surface area contributed by atoms with Crippen molar-refractivity contribution >= 4 is 23.6 Å². The van der Waals surface area contributed by atoms with Gasteiger partial charge in [-0.15, -0.1) is 0 Å². The summed E-state index contributed by atoms with van der Waals surface area (Å²) in [6.07, 6.45) is 6.99. The maximum absolute atomic E-state index is 12.0. The van der Waals surface area contributed by atoms with E-state index in [1.54, 1.807) is 30.4 Å². The lowest BCUT2D eigenvalue weighted by atomic mass is 10.1. The number of unbranched alkanes of at least 4 members (excludes halogenated alkanes) is 1. The number of fused-ring (bicyclic) bond motifs is 1. The highest BCUT2D eigenvalue weighted by Gasteiger charge is 2.11. The quantitative estimate of drug-likeness (QED) is 0.855. The predicted molar refractivity (Wildman–Crippen MR) is 77.1 cm³/mol. The molecule has 1 heterocycles. The lowest BCUT2D eigenvalue weighted by molar-refractivity contribution is -0.117. The van der Waals surface area contributed by atoms with Crippen molar-refractivity contribution in [3.8, 4) is 5.75 Å². The van der Waals surface area contributed by atoms with Gasteiger partial charge in [0, 0.05) is 22.7 Å². The number of carbonyl (C=O) groups excluding carboxylic acids is 1. The Morgan fingerprint density at radius 2 is 2.26 bits per heavy atom. The normalized spacial score (nSPS) is 13.1. The molecule has 1 aromatic rings. The number of ether oxygens (including phenoxy) is 1. The fraction of sp³-hybridized carbons (Fsp3) is 0.267. The molecule has 0 saturated carbocycles. The van der Waals surface area contributed by atoms with Crippen LogP contribution in [0.15, 0.2) is 36.1 Å². The Morgan fingerprint density at radius 1 is 1.42 bits per heavy atom. The molecule has 1 N–H and O–H groups in total. The van der Waals surface area contributed by atoms with Crippen LogP contribution in [0, 0.1) is 0 Å². The first kappa shape index (κ1) is 13.7. The number of hydrogen-bond donors (Lipinski definition) is 1. The molecule has 19 heavy (non-hydrogen) atoms. The molecule has 1 amide bonds. The zero-order valence-electron chi connectivity index (χ0n) is 10.8. The number of amides is 1. The largest absolute Gasteiger partial charge is 0.464 e. The van der Waals surface area contributed by atoms with Gasteiger partial charge in [-0.05, 0) is 36.8 Å². The highest BCUT2D eigenvalue weighted by atomic mass is 35.5. The minimum atomic E-state index is -0.0962. The van der Waals surface area contributed by atoms with Crippen LogP contribution in [-0.4, -0.2) is 12.5 Å². The minimum absolute atomic E-state index is 0.0962. The monoisotopic (exact) mass is 277 g/mol. The highest BCUT2D eigenvalue weighted by Crippen LogP contribution is 2.27. The molecule has 1 aromatic carbocycles. The van der Waals surface area contributed by atoms with Crippen LogP contribution in [0.4, 0.5) is 0 Å². The molecule has 0 atom stereocenters. The first-order chi connectivity index (χ1) is 9.20. The summed E-state index contributed by atoms with van der Waals surface area (Å²) < 4.78 is 5.44. The van der Waals surface area contributed by atoms with Crippen molar-refractivity contribution < 1.29 is 9.53 Å². The molecule has 0 fully saturated rings. The topological polar surface area (TPSA) is 38.3 Å². The van der Waals surface area contributed by atoms with Gasteiger partial charge in [0.15, 0.2) is 0 Å². The average molecular weight is 278 g/mol. The molecule has 0 aliphatic carbocycles. The molecule has 4 heteroatoms. The SMILES string of the molecule is CCCCNC(=O)C1=Cc2cc(Cl)ccc2OC=C1. The Morgan fingerprint density at radius 3 is 3.05 bits per heavy atom. The third kappa shape index (κ3) is 3.61. The number of carbonyl (C=O) groups is 1. The molecule has 0 radical (unpaired) electrons. The molecule has 1 aliphatic heterocycles. The van der Waals surface area contributed by atoms with E-state index in [4.69, 9.17) is 16.3 Å². The Hall–Kier alpha value is -1.74. The summed E-state index contributed by atoms with van der Waals surface area (Å²) in [5.41, 5.74) is 1.37. The van der Waals surface area contributed by atoms with Gasteiger partial charge in [0.1, 0.15) is 5.75 Å². The second-order valence-corrected chi connectivity index (χ2v) is 4.75. The zero-order chi connectivity index (χ0) is 13.7. The van der Waals surface area contributed by atoms with Gasteiger partial charge in [-0.3, -0.25) is 4.79 Å². The number of nitrogens with one attached hydrogen (secondary N) is 1. The second kappa shape index (κ2) is 6.43. The van der Waals surface area contributed by atoms with Crippen LogP contribution in [0.3, 0.4) is 0 Å². The van der Waals surface area contributed by atoms with Crippen LogP contribution in [0.5, 0.6) is 5.75 Å². The molecule has 0 bridgehead atoms. The number of halogens is 1. The van der Waals surface area contributed by atoms with Crippen LogP contribution in [0.1, 0.15) is 25.3 Å². The summed E-state index contributed by atoms with van der Waals surface area (Å²) in [6, 6.07) is 5.33. The summed E-state index contributed by atoms with van der Waals surface area (Å²) in [5.74, 6) is 0.595. The van der Waals surface area contributed by atoms with Crippen molar-refractivity contribution in [1.29, 1.82) is 0 Å². The van der Waals surface area contributed by atoms with Gasteiger partial charge in [0.25, 0.3) is 5.91 Å². The molecule has 3 nitrogen and oxygen atoms in total. The van der Waals surface area contributed by atoms with Crippen LogP contribution >= 0.6 is 11.6 Å². The van der Waals surface area contributed by atoms with Gasteiger partial charge >= 0.3 is 0 Å². The van der Waals surface area contributed by atoms with E-state index >= 15 is 0 Å². The van der Waals surface area contributed by atoms with Crippen LogP contribution in [0.2, 0.25) is 5.02 Å². The molecule has 0 spiro atoms. The van der Waals surface area contributed by atoms with E-state index in [1.165, 1.54) is 6.26 Å². The molecule has 1 aliphatic rings. The molecule has 0 saturated heterocycles. The zero-order valence-corrected chi connectivity index (χ0v) is 11.5. The fourth-order valence-electron chi connectivity index (χ4n) is 1.76. The molecule has 100 valence electrons. The third-order valence-corrected chi connectivity index (χ3v) is 3.04. The van der Waals surface area contributed by atoms with Crippen molar-refractivity contribution in [2.45, 2.75) is 19.8 Å². The van der Waals surface area contributed by atoms with E-state index in [0.717, 1.165) is 18.4 Å². The average Bonchev–Trinajstić information content (AvgIpc) is 2.60. The van der Waals surface area contributed by atoms with Gasteiger partial charge in [-0.2, -0.15) is 0 Å². The van der Waals surface area contributed by atoms with Gasteiger partial charge in [0.05, 0.1) is 6.26 Å². The van der Waals surface area contributed by atoms with Gasteiger partial charge in [-0.1, -0.05) is 24.9 Å². The third-order valence-electron chi connectivity index (χ3n) is 2.80. The molecular weight excluding hydrogens is 262 g/mol. The maximum atomic E-state index is 12.0. The summed E-state index contributed by atoms with van der Waals surface area (Å²) in [4.78, 5) is 12.0. The molecule has 0 aromatic heterocycles. The van der Waals surface area contributed by atoms with E-state index in [2.05, 4.69) is 12.2 Å². The summed E-state index contributed by atoms with van der Waals surface area (Å²) in [7, 11) is 0. The van der Waals surface area contributed by atoms with Gasteiger partial charge in [0.2, 0.25) is 0 Å². The minimum Gasteiger partial charge on any atom is -0.464 e. The Balaban J connectivity index is 2.19. The lowest BCUT2D eigenvalue weighted by Crippen LogP contribution is -2.25. The number of rotatable bonds is 4. The highest BCUT2D eigenvalue weighted by molar-refractivity contribution is 6.30. The summed E-state index contributed by atoms with van der Waals surface area (Å²) >= 11 is 5.95. The van der Waals surface area contributed by atoms with Crippen LogP contribution in [-0.2, 0) is 4.79 Å². The Bertz CT molecular complexity index is 535. The molecule has 2 rings (SSSR count). The number of hydrogen-bond acceptors (Lipinski definition) is 2. The molecule has 0 unspecified atom stereocenters. The summed E-state index contributed by atoms with van der Waals surface area (Å²) in [6.45, 7) is 2.77. The van der Waals surface area contributed by atoms with Crippen molar-refractivity contribution in [3.63, 3.8) is 0 Å². The van der Waals surface area contributed by atoms with Crippen LogP contribution in [0.25, 0.3) is 6.08 Å². The van der Waals surface area contributed by atoms with E-state index in [1.807, 2.05) is 0 Å². The van der Waals surface area contributed by atoms with Gasteiger partial charge in [-0.25, -0.2) is 0 Å². The van der Waals surface area contributed by atoms with E-state index in [-0.39, 0.29) is 5.91 Å². The second-order valence-electron chi connectivity index (χ2n) is 4.31. The van der Waals surface area contributed by atoms with Crippen molar-refractivity contribution in [1.82, 2.24) is 5.32 Å². The standard InChI is InChI=1S/C15H16ClNO2/c1-2-3-7-17-15(18)11-6-8-19-14-5-4-13(16)10-12(14)9-11/h4-6,8-10H,2-3,7H2,1H3,(H,17,18). The maximum Gasteiger partial charge on any atom is 0.251 e. The molecular formula is C15H16ClNO2. The Kier molecular flexibility index (Phi) is 4.63. The number of benzene rings is 1. The van der Waals surface area contributed by atoms with Crippen molar-refractivity contribution in [2.75, 3.05) is 6.54 Å². The van der Waals surface area contributed by atoms with Crippen LogP contribution < -0.4 is 10.1 Å². The fourth-order valence-corrected chi connectivity index (χ4v) is 1.94. The summed E-state index contributed by atoms with van der Waals surface area (Å²) in [5, 5.41) is 3.50. The lowest BCUT2D eigenvalue weighted by Gasteiger charge is -2.05. The van der Waals surface area contributed by atoms with E-state index < -0.39 is 0 Å². The van der Waals surface area contributed by atoms with E-state index in [0.29, 0.717) is 22.9 Å².